The molecule has 130 valence electrons. The van der Waals surface area contributed by atoms with Gasteiger partial charge in [-0.25, -0.2) is 4.99 Å². The van der Waals surface area contributed by atoms with Gasteiger partial charge in [0.2, 0.25) is 0 Å². The van der Waals surface area contributed by atoms with Crippen molar-refractivity contribution in [2.75, 3.05) is 33.4 Å². The van der Waals surface area contributed by atoms with Gasteiger partial charge in [0.05, 0.1) is 13.2 Å². The Morgan fingerprint density at radius 3 is 2.35 bits per heavy atom. The molecule has 6 heteroatoms. The van der Waals surface area contributed by atoms with Crippen LogP contribution in [0, 0.1) is 0 Å². The summed E-state index contributed by atoms with van der Waals surface area (Å²) in [7, 11) is 1.67. The molecule has 2 N–H and O–H groups in total. The average molecular weight is 433 g/mol. The Balaban J connectivity index is 0.00000264. The summed E-state index contributed by atoms with van der Waals surface area (Å²) < 4.78 is 10.5. The Morgan fingerprint density at radius 2 is 1.74 bits per heavy atom. The van der Waals surface area contributed by atoms with Gasteiger partial charge in [-0.15, -0.1) is 24.0 Å². The molecule has 0 radical (unpaired) electrons. The van der Waals surface area contributed by atoms with E-state index < -0.39 is 0 Å². The zero-order chi connectivity index (χ0) is 15.6. The smallest absolute Gasteiger partial charge is 0.191 e. The highest BCUT2D eigenvalue weighted by molar-refractivity contribution is 14.0. The molecule has 5 nitrogen and oxygen atoms in total. The van der Waals surface area contributed by atoms with E-state index in [0.29, 0.717) is 25.7 Å². The molecule has 1 fully saturated rings. The molecule has 0 spiro atoms. The van der Waals surface area contributed by atoms with E-state index in [1.54, 1.807) is 7.11 Å². The molecule has 1 aromatic rings. The van der Waals surface area contributed by atoms with Crippen LogP contribution in [0.5, 0.6) is 5.75 Å². The van der Waals surface area contributed by atoms with E-state index in [1.165, 1.54) is 25.7 Å². The number of nitrogens with two attached hydrogens (primary N) is 1. The zero-order valence-corrected chi connectivity index (χ0v) is 16.2. The summed E-state index contributed by atoms with van der Waals surface area (Å²) in [5.74, 6) is 1.52. The molecule has 1 saturated heterocycles. The molecular weight excluding hydrogens is 405 g/mol. The number of likely N-dealkylation sites (tertiary alicyclic amines) is 1. The number of hydrogen-bond donors (Lipinski definition) is 1. The molecule has 0 aromatic heterocycles. The Kier molecular flexibility index (Phi) is 10.0. The highest BCUT2D eigenvalue weighted by Gasteiger charge is 2.10. The Labute approximate surface area is 156 Å². The lowest BCUT2D eigenvalue weighted by Gasteiger charge is -2.21. The van der Waals surface area contributed by atoms with Crippen LogP contribution in [0.25, 0.3) is 0 Å². The fraction of sp³-hybridized carbons (Fsp3) is 0.588. The topological polar surface area (TPSA) is 60.1 Å². The van der Waals surface area contributed by atoms with Crippen LogP contribution in [0.4, 0.5) is 0 Å². The summed E-state index contributed by atoms with van der Waals surface area (Å²) in [6.07, 6.45) is 5.02. The van der Waals surface area contributed by atoms with Crippen molar-refractivity contribution in [2.24, 2.45) is 10.7 Å². The summed E-state index contributed by atoms with van der Waals surface area (Å²) in [4.78, 5) is 6.73. The number of guanidine groups is 1. The quantitative estimate of drug-likeness (QED) is 0.324. The third-order valence-electron chi connectivity index (χ3n) is 3.83. The molecule has 0 atom stereocenters. The number of ether oxygens (including phenoxy) is 2. The molecule has 1 aliphatic rings. The van der Waals surface area contributed by atoms with Crippen molar-refractivity contribution in [3.63, 3.8) is 0 Å². The molecule has 1 aliphatic heterocycles. The third kappa shape index (κ3) is 7.39. The van der Waals surface area contributed by atoms with Crippen LogP contribution in [0.15, 0.2) is 29.3 Å². The van der Waals surface area contributed by atoms with Gasteiger partial charge < -0.3 is 20.1 Å². The number of nitrogens with zero attached hydrogens (tertiary/aromatic N) is 2. The van der Waals surface area contributed by atoms with Crippen molar-refractivity contribution in [3.05, 3.63) is 29.8 Å². The minimum Gasteiger partial charge on any atom is -0.491 e. The Bertz CT molecular complexity index is 457. The van der Waals surface area contributed by atoms with Crippen LogP contribution >= 0.6 is 24.0 Å². The van der Waals surface area contributed by atoms with E-state index >= 15 is 0 Å². The van der Waals surface area contributed by atoms with Gasteiger partial charge in [-0.2, -0.15) is 0 Å². The van der Waals surface area contributed by atoms with Crippen LogP contribution in [0.3, 0.4) is 0 Å². The van der Waals surface area contributed by atoms with E-state index in [0.717, 1.165) is 24.4 Å². The minimum atomic E-state index is 0. The normalized spacial score (nSPS) is 15.7. The number of benzene rings is 1. The van der Waals surface area contributed by atoms with Gasteiger partial charge in [-0.3, -0.25) is 0 Å². The molecule has 0 aliphatic carbocycles. The monoisotopic (exact) mass is 433 g/mol. The van der Waals surface area contributed by atoms with Gasteiger partial charge in [0.15, 0.2) is 5.96 Å². The minimum absolute atomic E-state index is 0. The van der Waals surface area contributed by atoms with E-state index in [-0.39, 0.29) is 24.0 Å². The molecule has 1 heterocycles. The predicted molar refractivity (Wildman–Crippen MR) is 105 cm³/mol. The first kappa shape index (κ1) is 20.0. The summed E-state index contributed by atoms with van der Waals surface area (Å²) in [5.41, 5.74) is 7.25. The molecule has 0 amide bonds. The van der Waals surface area contributed by atoms with Gasteiger partial charge in [0, 0.05) is 20.2 Å². The summed E-state index contributed by atoms with van der Waals surface area (Å²) in [6.45, 7) is 3.83. The maximum atomic E-state index is 6.11. The third-order valence-corrected chi connectivity index (χ3v) is 3.83. The molecule has 2 rings (SSSR count). The first-order valence-electron chi connectivity index (χ1n) is 8.05. The lowest BCUT2D eigenvalue weighted by molar-refractivity contribution is 0.146. The first-order chi connectivity index (χ1) is 10.8. The van der Waals surface area contributed by atoms with Gasteiger partial charge in [0.1, 0.15) is 12.4 Å². The average Bonchev–Trinajstić information content (AvgIpc) is 2.83. The number of halogens is 1. The number of rotatable bonds is 6. The predicted octanol–water partition coefficient (Wildman–Crippen LogP) is 3.02. The van der Waals surface area contributed by atoms with Gasteiger partial charge >= 0.3 is 0 Å². The second-order valence-electron chi connectivity index (χ2n) is 5.56. The van der Waals surface area contributed by atoms with Crippen molar-refractivity contribution >= 4 is 29.9 Å². The maximum absolute atomic E-state index is 6.11. The zero-order valence-electron chi connectivity index (χ0n) is 13.9. The number of methoxy groups -OCH3 is 1. The molecular formula is C17H28IN3O2. The molecule has 0 unspecified atom stereocenters. The second kappa shape index (κ2) is 11.5. The second-order valence-corrected chi connectivity index (χ2v) is 5.56. The van der Waals surface area contributed by atoms with Gasteiger partial charge in [-0.05, 0) is 30.5 Å². The van der Waals surface area contributed by atoms with Crippen LogP contribution in [-0.2, 0) is 11.3 Å². The SMILES string of the molecule is COCCOc1ccc(CN=C(N)N2CCCCCC2)cc1.I. The van der Waals surface area contributed by atoms with Crippen molar-refractivity contribution in [1.29, 1.82) is 0 Å². The Morgan fingerprint density at radius 1 is 1.09 bits per heavy atom. The lowest BCUT2D eigenvalue weighted by atomic mass is 10.2. The van der Waals surface area contributed by atoms with Crippen LogP contribution < -0.4 is 10.5 Å². The highest BCUT2D eigenvalue weighted by Crippen LogP contribution is 2.13. The van der Waals surface area contributed by atoms with Gasteiger partial charge in [-0.1, -0.05) is 25.0 Å². The van der Waals surface area contributed by atoms with Gasteiger partial charge in [0.25, 0.3) is 0 Å². The van der Waals surface area contributed by atoms with Crippen LogP contribution in [0.1, 0.15) is 31.2 Å². The van der Waals surface area contributed by atoms with Crippen molar-refractivity contribution in [1.82, 2.24) is 4.90 Å². The highest BCUT2D eigenvalue weighted by atomic mass is 127. The van der Waals surface area contributed by atoms with Crippen LogP contribution in [-0.4, -0.2) is 44.3 Å². The number of hydrogen-bond acceptors (Lipinski definition) is 3. The van der Waals surface area contributed by atoms with E-state index in [1.807, 2.05) is 24.3 Å². The molecule has 0 saturated carbocycles. The van der Waals surface area contributed by atoms with Crippen LogP contribution in [0.2, 0.25) is 0 Å². The van der Waals surface area contributed by atoms with Crippen molar-refractivity contribution < 1.29 is 9.47 Å². The largest absolute Gasteiger partial charge is 0.491 e. The maximum Gasteiger partial charge on any atom is 0.191 e. The van der Waals surface area contributed by atoms with E-state index in [9.17, 15) is 0 Å². The Hall–Kier alpha value is -1.02. The van der Waals surface area contributed by atoms with E-state index in [4.69, 9.17) is 15.2 Å². The molecule has 1 aromatic carbocycles. The van der Waals surface area contributed by atoms with Crippen molar-refractivity contribution in [3.8, 4) is 5.75 Å². The fourth-order valence-electron chi connectivity index (χ4n) is 2.51. The standard InChI is InChI=1S/C17H27N3O2.HI/c1-21-12-13-22-16-8-6-15(7-9-16)14-19-17(18)20-10-4-2-3-5-11-20;/h6-9H,2-5,10-14H2,1H3,(H2,18,19);1H. The molecule has 23 heavy (non-hydrogen) atoms. The summed E-state index contributed by atoms with van der Waals surface area (Å²) >= 11 is 0. The fourth-order valence-corrected chi connectivity index (χ4v) is 2.51. The summed E-state index contributed by atoms with van der Waals surface area (Å²) in [5, 5.41) is 0. The molecule has 0 bridgehead atoms. The van der Waals surface area contributed by atoms with Crippen molar-refractivity contribution in [2.45, 2.75) is 32.2 Å². The first-order valence-corrected chi connectivity index (χ1v) is 8.05. The number of aliphatic imine (C=N–C) groups is 1. The summed E-state index contributed by atoms with van der Waals surface area (Å²) in [6, 6.07) is 7.98. The lowest BCUT2D eigenvalue weighted by Crippen LogP contribution is -2.38. The van der Waals surface area contributed by atoms with E-state index in [2.05, 4.69) is 9.89 Å².